The van der Waals surface area contributed by atoms with E-state index in [0.717, 1.165) is 11.1 Å². The molecular formula is C23H25N3O3S. The van der Waals surface area contributed by atoms with Gasteiger partial charge in [-0.25, -0.2) is 13.1 Å². The van der Waals surface area contributed by atoms with E-state index in [4.69, 9.17) is 0 Å². The maximum Gasteiger partial charge on any atom is 0.252 e. The summed E-state index contributed by atoms with van der Waals surface area (Å²) >= 11 is 0. The van der Waals surface area contributed by atoms with Crippen LogP contribution in [0.1, 0.15) is 48.3 Å². The fourth-order valence-corrected chi connectivity index (χ4v) is 4.44. The van der Waals surface area contributed by atoms with Gasteiger partial charge in [-0.1, -0.05) is 30.3 Å². The van der Waals surface area contributed by atoms with Crippen molar-refractivity contribution in [2.24, 2.45) is 0 Å². The molecule has 0 fully saturated rings. The summed E-state index contributed by atoms with van der Waals surface area (Å²) in [7, 11) is -3.66. The van der Waals surface area contributed by atoms with Crippen LogP contribution in [0.4, 0.5) is 0 Å². The van der Waals surface area contributed by atoms with Gasteiger partial charge in [-0.3, -0.25) is 9.78 Å². The first kappa shape index (κ1) is 21.7. The number of carbonyl (C=O) groups is 1. The van der Waals surface area contributed by atoms with Gasteiger partial charge in [0.05, 0.1) is 10.9 Å². The van der Waals surface area contributed by atoms with Crippen LogP contribution in [0.3, 0.4) is 0 Å². The number of rotatable bonds is 6. The maximum atomic E-state index is 12.9. The molecule has 1 heterocycles. The van der Waals surface area contributed by atoms with Gasteiger partial charge in [0.25, 0.3) is 5.91 Å². The summed E-state index contributed by atoms with van der Waals surface area (Å²) in [6, 6.07) is 18.9. The van der Waals surface area contributed by atoms with Crippen LogP contribution in [-0.4, -0.2) is 24.8 Å². The van der Waals surface area contributed by atoms with Crippen molar-refractivity contribution in [1.29, 1.82) is 0 Å². The van der Waals surface area contributed by atoms with Crippen molar-refractivity contribution >= 4 is 15.9 Å². The molecule has 0 saturated heterocycles. The first-order valence-electron chi connectivity index (χ1n) is 9.55. The third-order valence-electron chi connectivity index (χ3n) is 4.32. The van der Waals surface area contributed by atoms with E-state index >= 15 is 0 Å². The second-order valence-corrected chi connectivity index (χ2v) is 9.66. The molecule has 0 aliphatic heterocycles. The molecule has 3 aromatic rings. The molecule has 2 N–H and O–H groups in total. The fraction of sp³-hybridized carbons (Fsp3) is 0.217. The predicted molar refractivity (Wildman–Crippen MR) is 117 cm³/mol. The maximum absolute atomic E-state index is 12.9. The quantitative estimate of drug-likeness (QED) is 0.633. The average molecular weight is 424 g/mol. The van der Waals surface area contributed by atoms with E-state index in [2.05, 4.69) is 15.0 Å². The molecule has 6 nitrogen and oxygen atoms in total. The first-order valence-corrected chi connectivity index (χ1v) is 11.0. The first-order chi connectivity index (χ1) is 14.2. The number of hydrogen-bond donors (Lipinski definition) is 2. The fourth-order valence-electron chi connectivity index (χ4n) is 3.02. The number of nitrogens with zero attached hydrogens (tertiary/aromatic N) is 1. The van der Waals surface area contributed by atoms with Crippen molar-refractivity contribution in [1.82, 2.24) is 15.0 Å². The zero-order chi connectivity index (χ0) is 21.8. The minimum absolute atomic E-state index is 0.114. The lowest BCUT2D eigenvalue weighted by molar-refractivity contribution is 0.0943. The summed E-state index contributed by atoms with van der Waals surface area (Å²) in [5, 5.41) is 3.03. The Balaban J connectivity index is 1.83. The van der Waals surface area contributed by atoms with Crippen molar-refractivity contribution < 1.29 is 13.2 Å². The highest BCUT2D eigenvalue weighted by Crippen LogP contribution is 2.22. The number of hydrogen-bond acceptors (Lipinski definition) is 4. The van der Waals surface area contributed by atoms with Crippen molar-refractivity contribution in [2.75, 3.05) is 0 Å². The molecule has 1 aromatic heterocycles. The number of sulfonamides is 1. The van der Waals surface area contributed by atoms with Crippen LogP contribution in [0, 0.1) is 0 Å². The van der Waals surface area contributed by atoms with Gasteiger partial charge in [-0.2, -0.15) is 0 Å². The smallest absolute Gasteiger partial charge is 0.252 e. The summed E-state index contributed by atoms with van der Waals surface area (Å²) in [6.45, 7) is 5.32. The molecular weight excluding hydrogens is 398 g/mol. The molecule has 0 radical (unpaired) electrons. The van der Waals surface area contributed by atoms with E-state index < -0.39 is 15.6 Å². The zero-order valence-electron chi connectivity index (χ0n) is 17.2. The molecule has 30 heavy (non-hydrogen) atoms. The van der Waals surface area contributed by atoms with Gasteiger partial charge in [-0.05, 0) is 68.3 Å². The van der Waals surface area contributed by atoms with Gasteiger partial charge in [0, 0.05) is 23.5 Å². The van der Waals surface area contributed by atoms with E-state index in [1.807, 2.05) is 42.5 Å². The molecule has 7 heteroatoms. The second kappa shape index (κ2) is 8.77. The van der Waals surface area contributed by atoms with Crippen molar-refractivity contribution in [2.45, 2.75) is 37.2 Å². The van der Waals surface area contributed by atoms with Crippen LogP contribution in [-0.2, 0) is 10.0 Å². The molecule has 2 aromatic carbocycles. The minimum atomic E-state index is -3.66. The SMILES string of the molecule is CC(C)(C)NS(=O)(=O)c1ccc(C(=O)NC(c2ccccc2)c2ccncc2)cc1. The van der Waals surface area contributed by atoms with Crippen molar-refractivity contribution in [3.05, 3.63) is 95.8 Å². The Morgan fingerprint density at radius 2 is 1.43 bits per heavy atom. The Morgan fingerprint density at radius 3 is 2.00 bits per heavy atom. The molecule has 3 rings (SSSR count). The van der Waals surface area contributed by atoms with E-state index in [1.165, 1.54) is 24.3 Å². The number of amides is 1. The second-order valence-electron chi connectivity index (χ2n) is 7.98. The average Bonchev–Trinajstić information content (AvgIpc) is 2.71. The number of aromatic nitrogens is 1. The van der Waals surface area contributed by atoms with Crippen molar-refractivity contribution in [3.8, 4) is 0 Å². The molecule has 0 spiro atoms. The summed E-state index contributed by atoms with van der Waals surface area (Å²) < 4.78 is 27.5. The van der Waals surface area contributed by atoms with Gasteiger partial charge >= 0.3 is 0 Å². The number of pyridine rings is 1. The van der Waals surface area contributed by atoms with Crippen molar-refractivity contribution in [3.63, 3.8) is 0 Å². The van der Waals surface area contributed by atoms with Gasteiger partial charge in [0.2, 0.25) is 10.0 Å². The topological polar surface area (TPSA) is 88.2 Å². The van der Waals surface area contributed by atoms with Gasteiger partial charge in [-0.15, -0.1) is 0 Å². The summed E-state index contributed by atoms with van der Waals surface area (Å²) in [5.41, 5.74) is 1.62. The van der Waals surface area contributed by atoms with Crippen LogP contribution < -0.4 is 10.0 Å². The lowest BCUT2D eigenvalue weighted by Gasteiger charge is -2.21. The summed E-state index contributed by atoms with van der Waals surface area (Å²) in [5.74, 6) is -0.298. The molecule has 0 aliphatic carbocycles. The van der Waals surface area contributed by atoms with E-state index in [0.29, 0.717) is 5.56 Å². The number of nitrogens with one attached hydrogen (secondary N) is 2. The lowest BCUT2D eigenvalue weighted by atomic mass is 9.99. The van der Waals surface area contributed by atoms with E-state index in [-0.39, 0.29) is 16.8 Å². The highest BCUT2D eigenvalue weighted by molar-refractivity contribution is 7.89. The molecule has 0 bridgehead atoms. The summed E-state index contributed by atoms with van der Waals surface area (Å²) in [6.07, 6.45) is 3.36. The number of carbonyl (C=O) groups excluding carboxylic acids is 1. The largest absolute Gasteiger partial charge is 0.341 e. The molecule has 156 valence electrons. The molecule has 1 unspecified atom stereocenters. The third-order valence-corrected chi connectivity index (χ3v) is 6.09. The molecule has 0 aliphatic rings. The van der Waals surface area contributed by atoms with Crippen LogP contribution >= 0.6 is 0 Å². The Hall–Kier alpha value is -3.03. The minimum Gasteiger partial charge on any atom is -0.341 e. The zero-order valence-corrected chi connectivity index (χ0v) is 18.0. The molecule has 1 amide bonds. The Kier molecular flexibility index (Phi) is 6.34. The monoisotopic (exact) mass is 423 g/mol. The third kappa shape index (κ3) is 5.52. The van der Waals surface area contributed by atoms with Gasteiger partial charge in [0.15, 0.2) is 0 Å². The highest BCUT2D eigenvalue weighted by atomic mass is 32.2. The predicted octanol–water partition coefficient (Wildman–Crippen LogP) is 3.68. The Bertz CT molecular complexity index is 1050. The standard InChI is InChI=1S/C23H25N3O3S/c1-23(2,3)26-30(28,29)20-11-9-19(10-12-20)22(27)25-21(17-7-5-4-6-8-17)18-13-15-24-16-14-18/h4-16,21,26H,1-3H3,(H,25,27). The molecule has 0 saturated carbocycles. The molecule has 1 atom stereocenters. The normalized spacial score (nSPS) is 12.9. The van der Waals surface area contributed by atoms with Gasteiger partial charge < -0.3 is 5.32 Å². The summed E-state index contributed by atoms with van der Waals surface area (Å²) in [4.78, 5) is 17.1. The lowest BCUT2D eigenvalue weighted by Crippen LogP contribution is -2.40. The Morgan fingerprint density at radius 1 is 0.867 bits per heavy atom. The Labute approximate surface area is 177 Å². The highest BCUT2D eigenvalue weighted by Gasteiger charge is 2.23. The number of benzene rings is 2. The van der Waals surface area contributed by atoms with Crippen LogP contribution in [0.5, 0.6) is 0 Å². The van der Waals surface area contributed by atoms with E-state index in [1.54, 1.807) is 33.2 Å². The van der Waals surface area contributed by atoms with Gasteiger partial charge in [0.1, 0.15) is 0 Å². The van der Waals surface area contributed by atoms with E-state index in [9.17, 15) is 13.2 Å². The van der Waals surface area contributed by atoms with Crippen LogP contribution in [0.25, 0.3) is 0 Å². The van der Waals surface area contributed by atoms with Crippen LogP contribution in [0.15, 0.2) is 84.0 Å². The van der Waals surface area contributed by atoms with Crippen LogP contribution in [0.2, 0.25) is 0 Å².